The van der Waals surface area contributed by atoms with Gasteiger partial charge in [0.25, 0.3) is 0 Å². The number of amides is 2. The van der Waals surface area contributed by atoms with Crippen LogP contribution in [0.3, 0.4) is 0 Å². The van der Waals surface area contributed by atoms with E-state index in [1.54, 1.807) is 6.07 Å². The summed E-state index contributed by atoms with van der Waals surface area (Å²) in [4.78, 5) is 24.7. The first-order valence-electron chi connectivity index (χ1n) is 15.4. The van der Waals surface area contributed by atoms with Gasteiger partial charge in [0.15, 0.2) is 5.13 Å². The molecule has 2 aromatic heterocycles. The van der Waals surface area contributed by atoms with E-state index in [0.717, 1.165) is 65.5 Å². The molecule has 10 heteroatoms. The number of aryl methyl sites for hydroxylation is 1. The number of fused-ring (bicyclic) bond motifs is 2. The molecule has 3 heterocycles. The van der Waals surface area contributed by atoms with E-state index in [2.05, 4.69) is 48.2 Å². The smallest absolute Gasteiger partial charge is 0.325 e. The third-order valence-electron chi connectivity index (χ3n) is 7.79. The number of anilines is 1. The second-order valence-electron chi connectivity index (χ2n) is 12.0. The maximum Gasteiger partial charge on any atom is 0.325 e. The van der Waals surface area contributed by atoms with Crippen molar-refractivity contribution in [2.45, 2.75) is 61.3 Å². The first-order valence-corrected chi connectivity index (χ1v) is 17.0. The van der Waals surface area contributed by atoms with E-state index in [4.69, 9.17) is 4.98 Å². The van der Waals surface area contributed by atoms with Crippen molar-refractivity contribution in [2.24, 2.45) is 5.41 Å². The van der Waals surface area contributed by atoms with Crippen molar-refractivity contribution in [3.8, 4) is 0 Å². The van der Waals surface area contributed by atoms with Crippen LogP contribution in [-0.2, 0) is 0 Å². The van der Waals surface area contributed by atoms with Crippen molar-refractivity contribution in [3.05, 3.63) is 106 Å². The third kappa shape index (κ3) is 6.50. The van der Waals surface area contributed by atoms with E-state index >= 15 is 0 Å². The second-order valence-corrected chi connectivity index (χ2v) is 14.1. The first-order chi connectivity index (χ1) is 21.9. The van der Waals surface area contributed by atoms with Gasteiger partial charge in [-0.25, -0.2) is 19.2 Å². The van der Waals surface area contributed by atoms with Gasteiger partial charge in [-0.2, -0.15) is 0 Å². The van der Waals surface area contributed by atoms with Crippen LogP contribution in [0.2, 0.25) is 0 Å². The molecule has 2 aromatic carbocycles. The minimum atomic E-state index is -0.429. The number of hydrogen-bond acceptors (Lipinski definition) is 7. The van der Waals surface area contributed by atoms with Crippen molar-refractivity contribution < 1.29 is 14.3 Å². The number of allylic oxidation sites excluding steroid dienone is 5. The van der Waals surface area contributed by atoms with Crippen LogP contribution in [0, 0.1) is 18.2 Å². The van der Waals surface area contributed by atoms with Crippen molar-refractivity contribution in [3.63, 3.8) is 0 Å². The summed E-state index contributed by atoms with van der Waals surface area (Å²) in [6.07, 6.45) is 5.45. The minimum Gasteiger partial charge on any atom is -0.506 e. The summed E-state index contributed by atoms with van der Waals surface area (Å²) in [5, 5.41) is 18.4. The number of halogens is 1. The Bertz CT molecular complexity index is 1970. The molecule has 0 radical (unpaired) electrons. The maximum atomic E-state index is 14.0. The van der Waals surface area contributed by atoms with Crippen molar-refractivity contribution in [1.82, 2.24) is 20.2 Å². The molecule has 3 N–H and O–H groups in total. The number of carbonyl (C=O) groups excluding carboxylic acids is 1. The molecule has 1 aliphatic carbocycles. The number of hydrogen-bond donors (Lipinski definition) is 3. The molecular formula is C36H40FN5O2S2. The lowest BCUT2D eigenvalue weighted by molar-refractivity contribution is 0.253. The van der Waals surface area contributed by atoms with Gasteiger partial charge in [-0.3, -0.25) is 5.32 Å². The summed E-state index contributed by atoms with van der Waals surface area (Å²) >= 11 is 2.86. The van der Waals surface area contributed by atoms with Crippen LogP contribution < -0.4 is 10.6 Å². The first kappa shape index (κ1) is 33.1. The summed E-state index contributed by atoms with van der Waals surface area (Å²) in [6, 6.07) is 10.2. The van der Waals surface area contributed by atoms with E-state index < -0.39 is 5.41 Å². The fourth-order valence-corrected chi connectivity index (χ4v) is 8.04. The van der Waals surface area contributed by atoms with E-state index in [1.807, 2.05) is 57.7 Å². The Hall–Kier alpha value is -4.28. The second kappa shape index (κ2) is 13.2. The largest absolute Gasteiger partial charge is 0.506 e. The van der Waals surface area contributed by atoms with Crippen LogP contribution in [0.4, 0.5) is 14.3 Å². The molecule has 2 aliphatic rings. The van der Waals surface area contributed by atoms with Crippen LogP contribution in [0.5, 0.6) is 0 Å². The van der Waals surface area contributed by atoms with Gasteiger partial charge in [0.05, 0.1) is 31.8 Å². The van der Waals surface area contributed by atoms with Gasteiger partial charge in [0.2, 0.25) is 0 Å². The fraction of sp³-hybridized carbons (Fsp3) is 0.306. The van der Waals surface area contributed by atoms with Gasteiger partial charge >= 0.3 is 6.03 Å². The SMILES string of the molecule is C=C(O)C1=C(C(=C(C)C)c2nc3ccc(F)cc3s2)C(C)(C)CN1C1=C(NC(=O)Nc2nc3ccc(C)cc3s2)CCC=C1.CC. The zero-order chi connectivity index (χ0) is 33.3. The average molecular weight is 658 g/mol. The van der Waals surface area contributed by atoms with Crippen LogP contribution in [-0.4, -0.2) is 32.6 Å². The van der Waals surface area contributed by atoms with Gasteiger partial charge in [0, 0.05) is 23.2 Å². The Morgan fingerprint density at radius 1 is 1.04 bits per heavy atom. The fourth-order valence-electron chi connectivity index (χ4n) is 5.93. The van der Waals surface area contributed by atoms with Gasteiger partial charge in [-0.05, 0) is 81.2 Å². The van der Waals surface area contributed by atoms with E-state index in [1.165, 1.54) is 34.8 Å². The zero-order valence-electron chi connectivity index (χ0n) is 27.3. The van der Waals surface area contributed by atoms with Crippen molar-refractivity contribution in [1.29, 1.82) is 0 Å². The summed E-state index contributed by atoms with van der Waals surface area (Å²) in [5.41, 5.74) is 7.22. The van der Waals surface area contributed by atoms with Crippen molar-refractivity contribution >= 4 is 59.8 Å². The summed E-state index contributed by atoms with van der Waals surface area (Å²) in [7, 11) is 0. The van der Waals surface area contributed by atoms with E-state index in [-0.39, 0.29) is 17.6 Å². The van der Waals surface area contributed by atoms with Crippen LogP contribution in [0.25, 0.3) is 26.0 Å². The molecule has 0 atom stereocenters. The molecule has 240 valence electrons. The molecule has 0 fully saturated rings. The average Bonchev–Trinajstić information content (AvgIpc) is 3.67. The number of aliphatic hydroxyl groups excluding tert-OH is 1. The Labute approximate surface area is 277 Å². The van der Waals surface area contributed by atoms with E-state index in [9.17, 15) is 14.3 Å². The number of nitrogens with one attached hydrogen (secondary N) is 2. The predicted molar refractivity (Wildman–Crippen MR) is 190 cm³/mol. The lowest BCUT2D eigenvalue weighted by Crippen LogP contribution is -2.33. The topological polar surface area (TPSA) is 90.4 Å². The molecule has 2 amide bonds. The molecule has 7 nitrogen and oxygen atoms in total. The predicted octanol–water partition coefficient (Wildman–Crippen LogP) is 10.2. The van der Waals surface area contributed by atoms with Crippen LogP contribution in [0.15, 0.2) is 89.1 Å². The standard InChI is InChI=1S/C34H34FN5O2S2.C2H6/c1-18(2)28(31-36-23-14-12-21(35)16-27(23)43-31)29-30(20(4)41)40(17-34(29,5)6)25-10-8-7-9-22(25)37-32(42)39-33-38-24-13-11-19(3)15-26(24)44-33;1-2/h8,10-16,41H,4,7,9,17H2,1-3,5-6H3,(H2,37,38,39,42);1-2H3. The molecule has 4 aromatic rings. The molecule has 46 heavy (non-hydrogen) atoms. The summed E-state index contributed by atoms with van der Waals surface area (Å²) < 4.78 is 15.8. The highest BCUT2D eigenvalue weighted by Crippen LogP contribution is 2.51. The molecule has 0 saturated heterocycles. The quantitative estimate of drug-likeness (QED) is 0.180. The number of aliphatic hydroxyl groups is 1. The molecule has 0 unspecified atom stereocenters. The highest BCUT2D eigenvalue weighted by atomic mass is 32.1. The lowest BCUT2D eigenvalue weighted by Gasteiger charge is -2.29. The Morgan fingerprint density at radius 3 is 2.46 bits per heavy atom. The van der Waals surface area contributed by atoms with Gasteiger partial charge in [-0.1, -0.05) is 63.3 Å². The van der Waals surface area contributed by atoms with Gasteiger partial charge < -0.3 is 15.3 Å². The summed E-state index contributed by atoms with van der Waals surface area (Å²) in [6.45, 7) is 18.8. The molecule has 1 aliphatic heterocycles. The van der Waals surface area contributed by atoms with Crippen LogP contribution >= 0.6 is 22.7 Å². The number of rotatable bonds is 6. The van der Waals surface area contributed by atoms with Gasteiger partial charge in [-0.15, -0.1) is 11.3 Å². The molecular weight excluding hydrogens is 618 g/mol. The zero-order valence-corrected chi connectivity index (χ0v) is 29.0. The molecule has 0 spiro atoms. The minimum absolute atomic E-state index is 0.0727. The number of aromatic nitrogens is 2. The highest BCUT2D eigenvalue weighted by molar-refractivity contribution is 7.22. The number of carbonyl (C=O) groups is 1. The van der Waals surface area contributed by atoms with E-state index in [0.29, 0.717) is 23.8 Å². The molecule has 0 saturated carbocycles. The Morgan fingerprint density at radius 2 is 1.74 bits per heavy atom. The Kier molecular flexibility index (Phi) is 9.51. The lowest BCUT2D eigenvalue weighted by atomic mass is 9.80. The Balaban J connectivity index is 0.00000204. The number of urea groups is 1. The highest BCUT2D eigenvalue weighted by Gasteiger charge is 2.43. The van der Waals surface area contributed by atoms with Gasteiger partial charge in [0.1, 0.15) is 16.6 Å². The maximum absolute atomic E-state index is 14.0. The number of nitrogens with zero attached hydrogens (tertiary/aromatic N) is 3. The number of benzene rings is 2. The van der Waals surface area contributed by atoms with Crippen LogP contribution in [0.1, 0.15) is 65.0 Å². The number of thiazole rings is 2. The normalized spacial score (nSPS) is 15.7. The third-order valence-corrected chi connectivity index (χ3v) is 9.76. The monoisotopic (exact) mass is 657 g/mol. The van der Waals surface area contributed by atoms with Crippen molar-refractivity contribution in [2.75, 3.05) is 11.9 Å². The summed E-state index contributed by atoms with van der Waals surface area (Å²) in [5.74, 6) is -0.377. The molecule has 0 bridgehead atoms. The molecule has 6 rings (SSSR count).